The molecule has 0 bridgehead atoms. The molecule has 0 saturated heterocycles. The fourth-order valence-corrected chi connectivity index (χ4v) is 12.6. The Balaban J connectivity index is -0.000000122. The molecule has 0 aliphatic heterocycles. The first kappa shape index (κ1) is 74.8. The summed E-state index contributed by atoms with van der Waals surface area (Å²) in [5.41, 5.74) is 31.5. The summed E-state index contributed by atoms with van der Waals surface area (Å²) in [6.07, 6.45) is -0.761. The highest BCUT2D eigenvalue weighted by Gasteiger charge is 2.17. The molecule has 24 N–H and O–H groups in total. The van der Waals surface area contributed by atoms with E-state index in [0.29, 0.717) is 65.7 Å². The maximum Gasteiger partial charge on any atom is 0.299 e. The molecule has 0 saturated carbocycles. The van der Waals surface area contributed by atoms with Crippen LogP contribution in [0.2, 0.25) is 0 Å². The van der Waals surface area contributed by atoms with Crippen molar-refractivity contribution in [1.82, 2.24) is 0 Å². The van der Waals surface area contributed by atoms with Gasteiger partial charge in [0.15, 0.2) is 5.11 Å². The number of thioether (sulfide) groups is 10. The van der Waals surface area contributed by atoms with Crippen LogP contribution in [-0.4, -0.2) is 163 Å². The molecule has 0 rings (SSSR count). The van der Waals surface area contributed by atoms with Crippen molar-refractivity contribution in [1.29, 1.82) is 0 Å². The molecule has 14 nitrogen and oxygen atoms in total. The Morgan fingerprint density at radius 2 is 0.727 bits per heavy atom. The van der Waals surface area contributed by atoms with Gasteiger partial charge in [0.25, 0.3) is 20.7 Å². The molecule has 0 aromatic carbocycles. The van der Waals surface area contributed by atoms with Gasteiger partial charge < -0.3 is 81.5 Å². The van der Waals surface area contributed by atoms with Gasteiger partial charge in [0.2, 0.25) is 0 Å². The number of thiocarbonyl (C=S) groups is 1. The zero-order chi connectivity index (χ0) is 38.6. The second kappa shape index (κ2) is 56.4. The Labute approximate surface area is 406 Å². The summed E-state index contributed by atoms with van der Waals surface area (Å²) in [5.74, 6) is 11.3. The Kier molecular flexibility index (Phi) is 76.6. The Morgan fingerprint density at radius 3 is 1.00 bits per heavy atom. The van der Waals surface area contributed by atoms with Crippen LogP contribution in [0.4, 0.5) is 0 Å². The van der Waals surface area contributed by atoms with E-state index in [4.69, 9.17) is 54.8 Å². The maximum absolute atomic E-state index is 9.56. The van der Waals surface area contributed by atoms with Gasteiger partial charge in [-0.1, -0.05) is 0 Å². The Bertz CT molecular complexity index is 855. The van der Waals surface area contributed by atoms with Crippen LogP contribution in [-0.2, 0) is 0 Å². The van der Waals surface area contributed by atoms with Gasteiger partial charge in [-0.3, -0.25) is 44.6 Å². The number of aliphatic hydroxyl groups is 4. The lowest BCUT2D eigenvalue weighted by atomic mass is 10.5. The van der Waals surface area contributed by atoms with Crippen molar-refractivity contribution >= 4 is 168 Å². The van der Waals surface area contributed by atoms with Gasteiger partial charge in [-0.15, -0.1) is 12.4 Å². The zero-order valence-corrected chi connectivity index (χ0v) is 42.9. The van der Waals surface area contributed by atoms with Crippen molar-refractivity contribution in [2.45, 2.75) is 22.7 Å². The van der Waals surface area contributed by atoms with Crippen LogP contribution in [0.3, 0.4) is 0 Å². The standard InChI is InChI=1S/C14H30N8S7.C10H22O4S3.CH4N2S.5ClH/c15-11(16)26-3-1-24-9(7-28-13(19)20)5-23-6-10(8-29-14(21)22)25-2-4-27-12(17)18;11-1-3-15-5-9(13)7-17-8-10(14)6-16-4-2-12;2-1(3)4;;;;;/h9-10H,1-8H2,(H3,15,16)(H3,17,18)(H3,19,20)(H3,21,22);9-14H,1-8H2;(H4,2,3,4);5*1H. The highest BCUT2D eigenvalue weighted by Crippen LogP contribution is 2.26. The van der Waals surface area contributed by atoms with Crippen LogP contribution < -0.4 is 106 Å². The van der Waals surface area contributed by atoms with E-state index in [0.717, 1.165) is 46.0 Å². The average molecular weight is 1100 g/mol. The predicted octanol–water partition coefficient (Wildman–Crippen LogP) is -17.3. The first-order valence-electron chi connectivity index (χ1n) is 14.8. The lowest BCUT2D eigenvalue weighted by molar-refractivity contribution is -0.110. The van der Waals surface area contributed by atoms with Gasteiger partial charge in [0.05, 0.1) is 25.4 Å². The summed E-state index contributed by atoms with van der Waals surface area (Å²) >= 11 is 20.4. The molecule has 336 valence electrons. The fraction of sp³-hybridized carbons (Fsp3) is 0.800. The molecule has 0 aliphatic carbocycles. The molecule has 0 aromatic rings. The molecule has 55 heavy (non-hydrogen) atoms. The minimum Gasteiger partial charge on any atom is -1.00 e. The van der Waals surface area contributed by atoms with E-state index in [1.165, 1.54) is 82.3 Å². The molecule has 30 heteroatoms. The van der Waals surface area contributed by atoms with E-state index in [1.807, 2.05) is 35.3 Å². The SMILES string of the molecule is Cl.NC(=[NH2+])SCCSC(CSCC(CSC(N)=[NH2+])SCCSC(N)=[NH2+])CSC(N)=[NH2+].NC(N)=S.OCCSCC(O)CSCC(O)CSCCO.[Cl-].[Cl-].[Cl-].[Cl-]. The number of hydrogen-bond donors (Lipinski definition) is 14. The van der Waals surface area contributed by atoms with Gasteiger partial charge in [-0.2, -0.15) is 70.6 Å². The van der Waals surface area contributed by atoms with Crippen LogP contribution in [0.5, 0.6) is 0 Å². The smallest absolute Gasteiger partial charge is 0.299 e. The lowest BCUT2D eigenvalue weighted by Crippen LogP contribution is -3.00. The van der Waals surface area contributed by atoms with Crippen LogP contribution in [0.15, 0.2) is 0 Å². The highest BCUT2D eigenvalue weighted by molar-refractivity contribution is 8.16. The highest BCUT2D eigenvalue weighted by atomic mass is 35.5. The number of aliphatic hydroxyl groups excluding tert-OH is 4. The molecular formula is C25H61Cl5N10O4S11. The topological polar surface area (TPSA) is 339 Å². The van der Waals surface area contributed by atoms with Crippen molar-refractivity contribution in [2.75, 3.05) is 93.8 Å². The minimum atomic E-state index is -0.381. The van der Waals surface area contributed by atoms with E-state index >= 15 is 0 Å². The van der Waals surface area contributed by atoms with E-state index in [9.17, 15) is 10.2 Å². The second-order valence-corrected chi connectivity index (χ2v) is 21.6. The maximum atomic E-state index is 9.56. The van der Waals surface area contributed by atoms with Crippen molar-refractivity contribution < 1.29 is 91.7 Å². The number of nitrogens with two attached hydrogens (primary N) is 10. The number of amidine groups is 4. The van der Waals surface area contributed by atoms with Crippen LogP contribution in [0, 0.1) is 0 Å². The van der Waals surface area contributed by atoms with E-state index in [-0.39, 0.29) is 92.6 Å². The fourth-order valence-electron chi connectivity index (χ4n) is 2.75. The van der Waals surface area contributed by atoms with Crippen molar-refractivity contribution in [2.24, 2.45) is 34.4 Å². The average Bonchev–Trinajstić information content (AvgIpc) is 3.02. The summed E-state index contributed by atoms with van der Waals surface area (Å²) in [5, 5.41) is 61.0. The summed E-state index contributed by atoms with van der Waals surface area (Å²) < 4.78 is 0. The number of halogens is 5. The quantitative estimate of drug-likeness (QED) is 0.0150. The molecule has 4 unspecified atom stereocenters. The molecule has 0 spiro atoms. The molecule has 0 radical (unpaired) electrons. The minimum absolute atomic E-state index is 0. The van der Waals surface area contributed by atoms with Gasteiger partial charge in [0, 0.05) is 91.0 Å². The van der Waals surface area contributed by atoms with E-state index in [1.54, 1.807) is 0 Å². The van der Waals surface area contributed by atoms with Crippen molar-refractivity contribution in [3.8, 4) is 0 Å². The van der Waals surface area contributed by atoms with Gasteiger partial charge in [-0.25, -0.2) is 0 Å². The molecule has 0 aromatic heterocycles. The van der Waals surface area contributed by atoms with Gasteiger partial charge >= 0.3 is 0 Å². The van der Waals surface area contributed by atoms with E-state index in [2.05, 4.69) is 23.7 Å². The predicted molar refractivity (Wildman–Crippen MR) is 251 cm³/mol. The third-order valence-electron chi connectivity index (χ3n) is 4.60. The monoisotopic (exact) mass is 1090 g/mol. The third kappa shape index (κ3) is 71.2. The van der Waals surface area contributed by atoms with Crippen molar-refractivity contribution in [3.05, 3.63) is 0 Å². The largest absolute Gasteiger partial charge is 1.00 e. The number of hydrogen-bond acceptors (Lipinski definition) is 15. The molecule has 0 amide bonds. The van der Waals surface area contributed by atoms with Crippen LogP contribution in [0.25, 0.3) is 0 Å². The molecular weight excluding hydrogens is 1030 g/mol. The summed E-state index contributed by atoms with van der Waals surface area (Å²) in [7, 11) is 0. The summed E-state index contributed by atoms with van der Waals surface area (Å²) in [4.78, 5) is 0. The Morgan fingerprint density at radius 1 is 0.455 bits per heavy atom. The first-order valence-corrected chi connectivity index (χ1v) is 25.9. The summed E-state index contributed by atoms with van der Waals surface area (Å²) in [6.45, 7) is 0.288. The normalized spacial score (nSPS) is 11.9. The van der Waals surface area contributed by atoms with Gasteiger partial charge in [0.1, 0.15) is 0 Å². The molecule has 0 heterocycles. The van der Waals surface area contributed by atoms with Crippen LogP contribution >= 0.6 is 142 Å². The Hall–Kier alpha value is 2.36. The molecule has 4 atom stereocenters. The summed E-state index contributed by atoms with van der Waals surface area (Å²) in [6, 6.07) is 0. The molecule has 0 aliphatic rings. The van der Waals surface area contributed by atoms with E-state index < -0.39 is 0 Å². The zero-order valence-electron chi connectivity index (χ0n) is 30.1. The van der Waals surface area contributed by atoms with Gasteiger partial charge in [-0.05, 0) is 59.3 Å². The molecule has 0 fully saturated rings. The number of rotatable bonds is 28. The lowest BCUT2D eigenvalue weighted by Gasteiger charge is -2.18. The first-order chi connectivity index (χ1) is 23.6. The van der Waals surface area contributed by atoms with Crippen molar-refractivity contribution in [3.63, 3.8) is 0 Å². The third-order valence-corrected chi connectivity index (χ3v) is 16.4. The second-order valence-electron chi connectivity index (χ2n) is 9.30. The van der Waals surface area contributed by atoms with Crippen LogP contribution in [0.1, 0.15) is 0 Å².